The number of aliphatic carboxylic acids is 1. The van der Waals surface area contributed by atoms with E-state index >= 15 is 0 Å². The monoisotopic (exact) mass is 226 g/mol. The van der Waals surface area contributed by atoms with Gasteiger partial charge >= 0.3 is 11.9 Å². The molecule has 0 atom stereocenters. The molecule has 0 rings (SSSR count). The van der Waals surface area contributed by atoms with Crippen molar-refractivity contribution in [1.82, 2.24) is 0 Å². The van der Waals surface area contributed by atoms with Gasteiger partial charge in [-0.05, 0) is 6.42 Å². The van der Waals surface area contributed by atoms with Crippen molar-refractivity contribution in [1.29, 1.82) is 0 Å². The lowest BCUT2D eigenvalue weighted by atomic mass is 10.2. The van der Waals surface area contributed by atoms with Crippen LogP contribution in [0.15, 0.2) is 0 Å². The Balaban J connectivity index is 3.42. The smallest absolute Gasteiger partial charge is 0.306 e. The fourth-order valence-corrected chi connectivity index (χ4v) is 0.904. The van der Waals surface area contributed by atoms with Crippen LogP contribution >= 0.6 is 0 Å². The summed E-state index contributed by atoms with van der Waals surface area (Å²) in [4.78, 5) is 21.1. The Labute approximate surface area is 96.0 Å². The molecule has 1 N–H and O–H groups in total. The lowest BCUT2D eigenvalue weighted by molar-refractivity contribution is -0.147. The third-order valence-corrected chi connectivity index (χ3v) is 1.64. The molecule has 0 spiro atoms. The van der Waals surface area contributed by atoms with E-state index in [9.17, 15) is 9.59 Å². The van der Waals surface area contributed by atoms with E-state index in [1.54, 1.807) is 0 Å². The minimum Gasteiger partial charge on any atom is -0.481 e. The molecule has 0 aromatic heterocycles. The molecular weight excluding hydrogens is 208 g/mol. The van der Waals surface area contributed by atoms with Gasteiger partial charge in [-0.3, -0.25) is 9.59 Å². The first-order valence-electron chi connectivity index (χ1n) is 5.38. The van der Waals surface area contributed by atoms with Crippen molar-refractivity contribution in [2.45, 2.75) is 39.5 Å². The highest BCUT2D eigenvalue weighted by Gasteiger charge is 2.05. The second-order valence-corrected chi connectivity index (χ2v) is 3.69. The minimum atomic E-state index is -0.986. The summed E-state index contributed by atoms with van der Waals surface area (Å²) in [6.07, 6.45) is 1.15. The Kier molecular flexibility index (Phi) is 7.96. The molecule has 0 aromatic rings. The van der Waals surface area contributed by atoms with Gasteiger partial charge in [-0.1, -0.05) is 13.8 Å². The molecule has 0 amide bonds. The SMILES string of the molecule is CC(C)C#CCCCOC(=O)CCC(=O)O. The normalized spacial score (nSPS) is 9.44. The van der Waals surface area contributed by atoms with E-state index in [-0.39, 0.29) is 12.8 Å². The summed E-state index contributed by atoms with van der Waals surface area (Å²) in [5.74, 6) is 4.89. The first kappa shape index (κ1) is 14.5. The van der Waals surface area contributed by atoms with Crippen molar-refractivity contribution >= 4 is 11.9 Å². The lowest BCUT2D eigenvalue weighted by Crippen LogP contribution is -2.08. The van der Waals surface area contributed by atoms with E-state index in [1.807, 2.05) is 13.8 Å². The summed E-state index contributed by atoms with van der Waals surface area (Å²) < 4.78 is 4.83. The third kappa shape index (κ3) is 10.6. The van der Waals surface area contributed by atoms with Crippen molar-refractivity contribution < 1.29 is 19.4 Å². The summed E-state index contributed by atoms with van der Waals surface area (Å²) in [7, 11) is 0. The van der Waals surface area contributed by atoms with Crippen LogP contribution in [-0.2, 0) is 14.3 Å². The quantitative estimate of drug-likeness (QED) is 0.426. The van der Waals surface area contributed by atoms with Crippen LogP contribution in [0.3, 0.4) is 0 Å². The molecular formula is C12H18O4. The van der Waals surface area contributed by atoms with Gasteiger partial charge in [0.25, 0.3) is 0 Å². The topological polar surface area (TPSA) is 63.6 Å². The zero-order chi connectivity index (χ0) is 12.4. The Bertz CT molecular complexity index is 283. The average molecular weight is 226 g/mol. The maximum absolute atomic E-state index is 11.0. The number of unbranched alkanes of at least 4 members (excludes halogenated alkanes) is 1. The Morgan fingerprint density at radius 1 is 1.31 bits per heavy atom. The largest absolute Gasteiger partial charge is 0.481 e. The Morgan fingerprint density at radius 2 is 2.00 bits per heavy atom. The zero-order valence-electron chi connectivity index (χ0n) is 9.78. The van der Waals surface area contributed by atoms with E-state index in [1.165, 1.54) is 0 Å². The molecule has 0 aliphatic rings. The van der Waals surface area contributed by atoms with E-state index in [4.69, 9.17) is 9.84 Å². The number of carbonyl (C=O) groups is 2. The number of hydrogen-bond donors (Lipinski definition) is 1. The van der Waals surface area contributed by atoms with Gasteiger partial charge in [0, 0.05) is 12.3 Å². The van der Waals surface area contributed by atoms with Crippen LogP contribution in [0.4, 0.5) is 0 Å². The van der Waals surface area contributed by atoms with Crippen molar-refractivity contribution in [2.75, 3.05) is 6.61 Å². The van der Waals surface area contributed by atoms with Gasteiger partial charge < -0.3 is 9.84 Å². The van der Waals surface area contributed by atoms with Crippen LogP contribution in [0.1, 0.15) is 39.5 Å². The second kappa shape index (κ2) is 8.78. The predicted molar refractivity (Wildman–Crippen MR) is 59.7 cm³/mol. The third-order valence-electron chi connectivity index (χ3n) is 1.64. The van der Waals surface area contributed by atoms with Gasteiger partial charge in [-0.2, -0.15) is 0 Å². The highest BCUT2D eigenvalue weighted by Crippen LogP contribution is 1.96. The van der Waals surface area contributed by atoms with Gasteiger partial charge in [0.05, 0.1) is 19.4 Å². The second-order valence-electron chi connectivity index (χ2n) is 3.69. The molecule has 0 saturated carbocycles. The summed E-state index contributed by atoms with van der Waals surface area (Å²) in [5, 5.41) is 8.33. The summed E-state index contributed by atoms with van der Waals surface area (Å²) >= 11 is 0. The van der Waals surface area contributed by atoms with Crippen LogP contribution < -0.4 is 0 Å². The lowest BCUT2D eigenvalue weighted by Gasteiger charge is -2.01. The van der Waals surface area contributed by atoms with Gasteiger partial charge in [0.2, 0.25) is 0 Å². The molecule has 0 heterocycles. The first-order valence-corrected chi connectivity index (χ1v) is 5.38. The van der Waals surface area contributed by atoms with Gasteiger partial charge in [-0.25, -0.2) is 0 Å². The summed E-state index contributed by atoms with van der Waals surface area (Å²) in [5.41, 5.74) is 0. The molecule has 0 fully saturated rings. The Morgan fingerprint density at radius 3 is 2.56 bits per heavy atom. The van der Waals surface area contributed by atoms with Crippen LogP contribution in [0.25, 0.3) is 0 Å². The molecule has 0 bridgehead atoms. The van der Waals surface area contributed by atoms with Gasteiger partial charge in [0.1, 0.15) is 0 Å². The van der Waals surface area contributed by atoms with Crippen molar-refractivity contribution in [2.24, 2.45) is 5.92 Å². The van der Waals surface area contributed by atoms with Crippen LogP contribution in [-0.4, -0.2) is 23.7 Å². The fourth-order valence-electron chi connectivity index (χ4n) is 0.904. The van der Waals surface area contributed by atoms with Gasteiger partial charge in [0.15, 0.2) is 0 Å². The summed E-state index contributed by atoms with van der Waals surface area (Å²) in [6, 6.07) is 0. The number of hydrogen-bond acceptors (Lipinski definition) is 3. The van der Waals surface area contributed by atoms with E-state index < -0.39 is 11.9 Å². The highest BCUT2D eigenvalue weighted by molar-refractivity contribution is 5.76. The Hall–Kier alpha value is -1.50. The number of esters is 1. The van der Waals surface area contributed by atoms with Crippen LogP contribution in [0, 0.1) is 17.8 Å². The van der Waals surface area contributed by atoms with Crippen molar-refractivity contribution in [3.63, 3.8) is 0 Å². The molecule has 0 aromatic carbocycles. The predicted octanol–water partition coefficient (Wildman–Crippen LogP) is 1.83. The number of rotatable bonds is 6. The van der Waals surface area contributed by atoms with E-state index in [0.29, 0.717) is 25.4 Å². The molecule has 0 unspecified atom stereocenters. The minimum absolute atomic E-state index is 0.0625. The fraction of sp³-hybridized carbons (Fsp3) is 0.667. The maximum atomic E-state index is 11.0. The van der Waals surface area contributed by atoms with Crippen LogP contribution in [0.2, 0.25) is 0 Å². The standard InChI is InChI=1S/C12H18O4/c1-10(2)6-4-3-5-9-16-12(15)8-7-11(13)14/h10H,3,5,7-9H2,1-2H3,(H,13,14). The molecule has 90 valence electrons. The number of carboxylic acid groups (broad SMARTS) is 1. The van der Waals surface area contributed by atoms with E-state index in [2.05, 4.69) is 11.8 Å². The van der Waals surface area contributed by atoms with Crippen molar-refractivity contribution in [3.05, 3.63) is 0 Å². The molecule has 4 heteroatoms. The number of carbonyl (C=O) groups excluding carboxylic acids is 1. The first-order chi connectivity index (χ1) is 7.52. The number of carboxylic acids is 1. The molecule has 16 heavy (non-hydrogen) atoms. The highest BCUT2D eigenvalue weighted by atomic mass is 16.5. The molecule has 0 radical (unpaired) electrons. The van der Waals surface area contributed by atoms with Crippen LogP contribution in [0.5, 0.6) is 0 Å². The zero-order valence-corrected chi connectivity index (χ0v) is 9.78. The maximum Gasteiger partial charge on any atom is 0.306 e. The molecule has 0 saturated heterocycles. The molecule has 4 nitrogen and oxygen atoms in total. The average Bonchev–Trinajstić information content (AvgIpc) is 2.19. The number of ether oxygens (including phenoxy) is 1. The molecule has 0 aliphatic heterocycles. The van der Waals surface area contributed by atoms with E-state index in [0.717, 1.165) is 0 Å². The summed E-state index contributed by atoms with van der Waals surface area (Å²) in [6.45, 7) is 4.34. The van der Waals surface area contributed by atoms with Crippen molar-refractivity contribution in [3.8, 4) is 11.8 Å². The van der Waals surface area contributed by atoms with Gasteiger partial charge in [-0.15, -0.1) is 11.8 Å². The molecule has 0 aliphatic carbocycles.